The van der Waals surface area contributed by atoms with Crippen molar-refractivity contribution in [2.45, 2.75) is 46.5 Å². The number of hydrogen-bond donors (Lipinski definition) is 1. The van der Waals surface area contributed by atoms with Gasteiger partial charge in [-0.2, -0.15) is 0 Å². The second-order valence-corrected chi connectivity index (χ2v) is 4.62. The molecule has 0 unspecified atom stereocenters. The summed E-state index contributed by atoms with van der Waals surface area (Å²) in [6, 6.07) is 0. The highest BCUT2D eigenvalue weighted by Crippen LogP contribution is 2.28. The van der Waals surface area contributed by atoms with Gasteiger partial charge in [-0.15, -0.1) is 0 Å². The molecule has 1 heteroatoms. The topological polar surface area (TPSA) is 12.0 Å². The molecule has 0 aromatic rings. The summed E-state index contributed by atoms with van der Waals surface area (Å²) >= 11 is 0. The number of rotatable bonds is 7. The van der Waals surface area contributed by atoms with E-state index in [4.69, 9.17) is 0 Å². The van der Waals surface area contributed by atoms with E-state index in [0.29, 0.717) is 5.41 Å². The Bertz CT molecular complexity index is 147. The second-order valence-electron chi connectivity index (χ2n) is 4.62. The maximum atomic E-state index is 4.04. The van der Waals surface area contributed by atoms with Crippen molar-refractivity contribution in [2.75, 3.05) is 13.6 Å². The molecule has 1 N–H and O–H groups in total. The molecule has 0 fully saturated rings. The molecular weight excluding hydrogens is 158 g/mol. The van der Waals surface area contributed by atoms with Crippen LogP contribution < -0.4 is 5.32 Å². The van der Waals surface area contributed by atoms with Crippen molar-refractivity contribution < 1.29 is 0 Å². The van der Waals surface area contributed by atoms with Crippen LogP contribution in [0.1, 0.15) is 46.5 Å². The van der Waals surface area contributed by atoms with Crippen molar-refractivity contribution in [1.29, 1.82) is 0 Å². The predicted octanol–water partition coefficient (Wildman–Crippen LogP) is 3.37. The van der Waals surface area contributed by atoms with Crippen LogP contribution in [0.15, 0.2) is 12.2 Å². The third-order valence-corrected chi connectivity index (χ3v) is 2.71. The summed E-state index contributed by atoms with van der Waals surface area (Å²) in [5.74, 6) is 0. The first-order chi connectivity index (χ1) is 6.02. The van der Waals surface area contributed by atoms with Crippen LogP contribution in [-0.2, 0) is 0 Å². The molecule has 0 atom stereocenters. The van der Waals surface area contributed by atoms with E-state index in [1.54, 1.807) is 0 Å². The minimum absolute atomic E-state index is 0.459. The maximum Gasteiger partial charge on any atom is -0.00468 e. The molecule has 0 aliphatic rings. The van der Waals surface area contributed by atoms with Gasteiger partial charge in [0.2, 0.25) is 0 Å². The standard InChI is InChI=1S/C12H25N/c1-6-11(2)7-8-12(3,4)9-10-13-5/h13H,2,6-10H2,1,3-5H3. The summed E-state index contributed by atoms with van der Waals surface area (Å²) < 4.78 is 0. The van der Waals surface area contributed by atoms with Gasteiger partial charge in [-0.1, -0.05) is 32.9 Å². The first-order valence-electron chi connectivity index (χ1n) is 5.33. The Labute approximate surface area is 83.6 Å². The van der Waals surface area contributed by atoms with Crippen molar-refractivity contribution in [3.8, 4) is 0 Å². The zero-order chi connectivity index (χ0) is 10.3. The summed E-state index contributed by atoms with van der Waals surface area (Å²) in [4.78, 5) is 0. The van der Waals surface area contributed by atoms with Gasteiger partial charge < -0.3 is 5.32 Å². The third kappa shape index (κ3) is 6.83. The first-order valence-corrected chi connectivity index (χ1v) is 5.33. The van der Waals surface area contributed by atoms with Crippen LogP contribution in [0.25, 0.3) is 0 Å². The van der Waals surface area contributed by atoms with E-state index in [-0.39, 0.29) is 0 Å². The summed E-state index contributed by atoms with van der Waals surface area (Å²) in [7, 11) is 2.01. The molecule has 0 amide bonds. The van der Waals surface area contributed by atoms with Crippen LogP contribution in [0.3, 0.4) is 0 Å². The lowest BCUT2D eigenvalue weighted by Crippen LogP contribution is -2.19. The SMILES string of the molecule is C=C(CC)CCC(C)(C)CCNC. The van der Waals surface area contributed by atoms with Crippen LogP contribution in [-0.4, -0.2) is 13.6 Å². The molecule has 0 saturated carbocycles. The molecule has 0 aromatic heterocycles. The highest BCUT2D eigenvalue weighted by molar-refractivity contribution is 4.93. The van der Waals surface area contributed by atoms with E-state index in [1.165, 1.54) is 24.8 Å². The van der Waals surface area contributed by atoms with Crippen LogP contribution >= 0.6 is 0 Å². The van der Waals surface area contributed by atoms with E-state index in [2.05, 4.69) is 32.7 Å². The molecule has 0 heterocycles. The smallest absolute Gasteiger partial charge is 0.00468 e. The van der Waals surface area contributed by atoms with Gasteiger partial charge in [-0.25, -0.2) is 0 Å². The molecule has 0 aliphatic heterocycles. The highest BCUT2D eigenvalue weighted by Gasteiger charge is 2.16. The van der Waals surface area contributed by atoms with Crippen molar-refractivity contribution in [3.63, 3.8) is 0 Å². The van der Waals surface area contributed by atoms with E-state index in [0.717, 1.165) is 13.0 Å². The van der Waals surface area contributed by atoms with Gasteiger partial charge in [-0.05, 0) is 44.7 Å². The van der Waals surface area contributed by atoms with Crippen LogP contribution in [0, 0.1) is 5.41 Å². The summed E-state index contributed by atoms with van der Waals surface area (Å²) in [5.41, 5.74) is 1.85. The van der Waals surface area contributed by atoms with Gasteiger partial charge >= 0.3 is 0 Å². The average molecular weight is 183 g/mol. The molecule has 0 spiro atoms. The Hall–Kier alpha value is -0.300. The molecule has 0 rings (SSSR count). The largest absolute Gasteiger partial charge is 0.320 e. The van der Waals surface area contributed by atoms with Crippen molar-refractivity contribution in [3.05, 3.63) is 12.2 Å². The van der Waals surface area contributed by atoms with Crippen molar-refractivity contribution in [1.82, 2.24) is 5.32 Å². The zero-order valence-corrected chi connectivity index (χ0v) is 9.74. The van der Waals surface area contributed by atoms with Gasteiger partial charge in [0.1, 0.15) is 0 Å². The zero-order valence-electron chi connectivity index (χ0n) is 9.74. The van der Waals surface area contributed by atoms with Crippen molar-refractivity contribution in [2.24, 2.45) is 5.41 Å². The fourth-order valence-electron chi connectivity index (χ4n) is 1.28. The highest BCUT2D eigenvalue weighted by atomic mass is 14.8. The normalized spacial score (nSPS) is 11.7. The summed E-state index contributed by atoms with van der Waals surface area (Å²) in [5, 5.41) is 3.20. The number of hydrogen-bond acceptors (Lipinski definition) is 1. The Kier molecular flexibility index (Phi) is 6.06. The molecule has 0 aliphatic carbocycles. The second kappa shape index (κ2) is 6.20. The Balaban J connectivity index is 3.67. The molecular formula is C12H25N. The molecule has 13 heavy (non-hydrogen) atoms. The number of allylic oxidation sites excluding steroid dienone is 1. The lowest BCUT2D eigenvalue weighted by Gasteiger charge is -2.24. The minimum Gasteiger partial charge on any atom is -0.320 e. The van der Waals surface area contributed by atoms with Crippen LogP contribution in [0.2, 0.25) is 0 Å². The van der Waals surface area contributed by atoms with E-state index >= 15 is 0 Å². The Morgan fingerprint density at radius 2 is 1.92 bits per heavy atom. The van der Waals surface area contributed by atoms with Gasteiger partial charge in [0.05, 0.1) is 0 Å². The predicted molar refractivity (Wildman–Crippen MR) is 61.0 cm³/mol. The average Bonchev–Trinajstić information content (AvgIpc) is 2.11. The van der Waals surface area contributed by atoms with Crippen LogP contribution in [0.4, 0.5) is 0 Å². The molecule has 0 bridgehead atoms. The van der Waals surface area contributed by atoms with Gasteiger partial charge in [-0.3, -0.25) is 0 Å². The Morgan fingerprint density at radius 3 is 2.38 bits per heavy atom. The molecule has 78 valence electrons. The lowest BCUT2D eigenvalue weighted by molar-refractivity contribution is 0.304. The quantitative estimate of drug-likeness (QED) is 0.597. The molecule has 0 saturated heterocycles. The van der Waals surface area contributed by atoms with Crippen molar-refractivity contribution >= 4 is 0 Å². The minimum atomic E-state index is 0.459. The monoisotopic (exact) mass is 183 g/mol. The van der Waals surface area contributed by atoms with Gasteiger partial charge in [0, 0.05) is 0 Å². The summed E-state index contributed by atoms with van der Waals surface area (Å²) in [6.07, 6.45) is 4.83. The fourth-order valence-corrected chi connectivity index (χ4v) is 1.28. The van der Waals surface area contributed by atoms with Gasteiger partial charge in [0.25, 0.3) is 0 Å². The van der Waals surface area contributed by atoms with E-state index in [9.17, 15) is 0 Å². The van der Waals surface area contributed by atoms with Crippen LogP contribution in [0.5, 0.6) is 0 Å². The van der Waals surface area contributed by atoms with Gasteiger partial charge in [0.15, 0.2) is 0 Å². The maximum absolute atomic E-state index is 4.04. The fraction of sp³-hybridized carbons (Fsp3) is 0.833. The molecule has 0 aromatic carbocycles. The first kappa shape index (κ1) is 12.7. The number of nitrogens with one attached hydrogen (secondary N) is 1. The lowest BCUT2D eigenvalue weighted by atomic mass is 9.83. The third-order valence-electron chi connectivity index (χ3n) is 2.71. The Morgan fingerprint density at radius 1 is 1.31 bits per heavy atom. The summed E-state index contributed by atoms with van der Waals surface area (Å²) in [6.45, 7) is 12.0. The molecule has 0 radical (unpaired) electrons. The van der Waals surface area contributed by atoms with E-state index < -0.39 is 0 Å². The molecule has 1 nitrogen and oxygen atoms in total. The van der Waals surface area contributed by atoms with E-state index in [1.807, 2.05) is 7.05 Å².